The van der Waals surface area contributed by atoms with Crippen molar-refractivity contribution in [2.45, 2.75) is 57.2 Å². The van der Waals surface area contributed by atoms with E-state index in [-0.39, 0.29) is 0 Å². The first-order valence-corrected chi connectivity index (χ1v) is 6.80. The standard InChI is InChI=1S/C13H23NO2/c1-2-16-12-8-11(13(12)5-3-6-13)14-10-4-7-15-9-10/h10-12,14H,2-9H2,1H3. The van der Waals surface area contributed by atoms with E-state index in [1.165, 1.54) is 32.1 Å². The molecule has 0 bridgehead atoms. The lowest BCUT2D eigenvalue weighted by Gasteiger charge is -2.61. The highest BCUT2D eigenvalue weighted by molar-refractivity contribution is 5.12. The topological polar surface area (TPSA) is 30.5 Å². The van der Waals surface area contributed by atoms with Crippen LogP contribution in [0.1, 0.15) is 39.0 Å². The second-order valence-electron chi connectivity index (χ2n) is 5.55. The highest BCUT2D eigenvalue weighted by Gasteiger charge is 2.59. The molecule has 0 aromatic heterocycles. The Labute approximate surface area is 97.9 Å². The van der Waals surface area contributed by atoms with Crippen LogP contribution >= 0.6 is 0 Å². The highest BCUT2D eigenvalue weighted by atomic mass is 16.5. The van der Waals surface area contributed by atoms with Gasteiger partial charge in [-0.2, -0.15) is 0 Å². The second kappa shape index (κ2) is 4.28. The van der Waals surface area contributed by atoms with Gasteiger partial charge >= 0.3 is 0 Å². The van der Waals surface area contributed by atoms with Crippen molar-refractivity contribution in [3.63, 3.8) is 0 Å². The van der Waals surface area contributed by atoms with Gasteiger partial charge in [-0.25, -0.2) is 0 Å². The van der Waals surface area contributed by atoms with Crippen LogP contribution in [-0.4, -0.2) is 38.0 Å². The molecule has 3 nitrogen and oxygen atoms in total. The van der Waals surface area contributed by atoms with Gasteiger partial charge in [-0.15, -0.1) is 0 Å². The molecule has 3 heteroatoms. The van der Waals surface area contributed by atoms with E-state index in [0.717, 1.165) is 19.8 Å². The van der Waals surface area contributed by atoms with Crippen molar-refractivity contribution >= 4 is 0 Å². The summed E-state index contributed by atoms with van der Waals surface area (Å²) >= 11 is 0. The highest BCUT2D eigenvalue weighted by Crippen LogP contribution is 2.57. The van der Waals surface area contributed by atoms with E-state index in [9.17, 15) is 0 Å². The van der Waals surface area contributed by atoms with Gasteiger partial charge in [-0.1, -0.05) is 6.42 Å². The van der Waals surface area contributed by atoms with Gasteiger partial charge in [-0.05, 0) is 32.6 Å². The Morgan fingerprint density at radius 2 is 2.31 bits per heavy atom. The van der Waals surface area contributed by atoms with Crippen molar-refractivity contribution in [2.75, 3.05) is 19.8 Å². The van der Waals surface area contributed by atoms with Crippen LogP contribution in [-0.2, 0) is 9.47 Å². The van der Waals surface area contributed by atoms with Crippen molar-refractivity contribution in [3.05, 3.63) is 0 Å². The summed E-state index contributed by atoms with van der Waals surface area (Å²) in [6, 6.07) is 1.30. The fourth-order valence-corrected chi connectivity index (χ4v) is 3.62. The van der Waals surface area contributed by atoms with Crippen LogP contribution < -0.4 is 5.32 Å². The molecule has 92 valence electrons. The molecule has 0 amide bonds. The minimum atomic E-state index is 0.499. The van der Waals surface area contributed by atoms with E-state index < -0.39 is 0 Å². The van der Waals surface area contributed by atoms with Crippen LogP contribution in [0.3, 0.4) is 0 Å². The number of nitrogens with one attached hydrogen (secondary N) is 1. The monoisotopic (exact) mass is 225 g/mol. The second-order valence-corrected chi connectivity index (χ2v) is 5.55. The predicted molar refractivity (Wildman–Crippen MR) is 62.5 cm³/mol. The molecule has 2 saturated carbocycles. The van der Waals surface area contributed by atoms with Gasteiger partial charge in [0.25, 0.3) is 0 Å². The summed E-state index contributed by atoms with van der Waals surface area (Å²) in [6.45, 7) is 4.82. The molecule has 0 aromatic rings. The molecule has 1 aliphatic heterocycles. The number of ether oxygens (including phenoxy) is 2. The van der Waals surface area contributed by atoms with E-state index >= 15 is 0 Å². The summed E-state index contributed by atoms with van der Waals surface area (Å²) < 4.78 is 11.3. The maximum atomic E-state index is 5.86. The van der Waals surface area contributed by atoms with Crippen LogP contribution in [0.2, 0.25) is 0 Å². The van der Waals surface area contributed by atoms with Crippen molar-refractivity contribution in [2.24, 2.45) is 5.41 Å². The number of rotatable bonds is 4. The Morgan fingerprint density at radius 1 is 1.44 bits per heavy atom. The van der Waals surface area contributed by atoms with Crippen LogP contribution in [0, 0.1) is 5.41 Å². The first kappa shape index (κ1) is 11.0. The van der Waals surface area contributed by atoms with Crippen LogP contribution in [0.15, 0.2) is 0 Å². The fourth-order valence-electron chi connectivity index (χ4n) is 3.62. The Morgan fingerprint density at radius 3 is 2.88 bits per heavy atom. The van der Waals surface area contributed by atoms with E-state index in [1.807, 2.05) is 0 Å². The maximum Gasteiger partial charge on any atom is 0.0661 e. The van der Waals surface area contributed by atoms with E-state index in [4.69, 9.17) is 9.47 Å². The van der Waals surface area contributed by atoms with Crippen molar-refractivity contribution in [1.29, 1.82) is 0 Å². The molecule has 0 radical (unpaired) electrons. The van der Waals surface area contributed by atoms with Gasteiger partial charge in [0.2, 0.25) is 0 Å². The SMILES string of the molecule is CCOC1CC(NC2CCOC2)C12CCC2. The van der Waals surface area contributed by atoms with Crippen molar-refractivity contribution < 1.29 is 9.47 Å². The summed E-state index contributed by atoms with van der Waals surface area (Å²) in [5.41, 5.74) is 0.499. The molecule has 3 aliphatic rings. The van der Waals surface area contributed by atoms with Gasteiger partial charge in [0.05, 0.1) is 12.7 Å². The number of hydrogen-bond acceptors (Lipinski definition) is 3. The lowest BCUT2D eigenvalue weighted by Crippen LogP contribution is -2.68. The summed E-state index contributed by atoms with van der Waals surface area (Å²) in [6.07, 6.45) is 7.05. The van der Waals surface area contributed by atoms with Crippen LogP contribution in [0.4, 0.5) is 0 Å². The quantitative estimate of drug-likeness (QED) is 0.790. The van der Waals surface area contributed by atoms with Crippen LogP contribution in [0.5, 0.6) is 0 Å². The summed E-state index contributed by atoms with van der Waals surface area (Å²) in [7, 11) is 0. The summed E-state index contributed by atoms with van der Waals surface area (Å²) in [5, 5.41) is 3.79. The van der Waals surface area contributed by atoms with E-state index in [1.54, 1.807) is 0 Å². The molecule has 3 atom stereocenters. The zero-order valence-electron chi connectivity index (χ0n) is 10.2. The molecular weight excluding hydrogens is 202 g/mol. The molecule has 16 heavy (non-hydrogen) atoms. The Hall–Kier alpha value is -0.120. The predicted octanol–water partition coefficient (Wildman–Crippen LogP) is 1.71. The van der Waals surface area contributed by atoms with Gasteiger partial charge in [-0.3, -0.25) is 0 Å². The molecule has 3 unspecified atom stereocenters. The molecule has 1 N–H and O–H groups in total. The zero-order chi connectivity index (χ0) is 11.0. The molecule has 0 aromatic carbocycles. The molecule has 1 spiro atoms. The maximum absolute atomic E-state index is 5.86. The lowest BCUT2D eigenvalue weighted by molar-refractivity contribution is -0.174. The van der Waals surface area contributed by atoms with E-state index in [2.05, 4.69) is 12.2 Å². The molecule has 3 fully saturated rings. The minimum absolute atomic E-state index is 0.499. The van der Waals surface area contributed by atoms with Crippen LogP contribution in [0.25, 0.3) is 0 Å². The van der Waals surface area contributed by atoms with Crippen molar-refractivity contribution in [1.82, 2.24) is 5.32 Å². The average molecular weight is 225 g/mol. The Kier molecular flexibility index (Phi) is 2.94. The normalized spacial score (nSPS) is 40.7. The van der Waals surface area contributed by atoms with Gasteiger partial charge in [0.1, 0.15) is 0 Å². The first-order chi connectivity index (χ1) is 7.85. The van der Waals surface area contributed by atoms with Crippen molar-refractivity contribution in [3.8, 4) is 0 Å². The van der Waals surface area contributed by atoms with E-state index in [0.29, 0.717) is 23.6 Å². The third-order valence-corrected chi connectivity index (χ3v) is 4.80. The van der Waals surface area contributed by atoms with Gasteiger partial charge < -0.3 is 14.8 Å². The first-order valence-electron chi connectivity index (χ1n) is 6.80. The average Bonchev–Trinajstić information content (AvgIpc) is 2.66. The largest absolute Gasteiger partial charge is 0.380 e. The lowest BCUT2D eigenvalue weighted by atomic mass is 9.51. The zero-order valence-corrected chi connectivity index (χ0v) is 10.2. The summed E-state index contributed by atoms with van der Waals surface area (Å²) in [5.74, 6) is 0. The Bertz CT molecular complexity index is 246. The molecular formula is C13H23NO2. The van der Waals surface area contributed by atoms with Gasteiger partial charge in [0.15, 0.2) is 0 Å². The molecule has 3 rings (SSSR count). The minimum Gasteiger partial charge on any atom is -0.380 e. The third kappa shape index (κ3) is 1.60. The Balaban J connectivity index is 1.56. The fraction of sp³-hybridized carbons (Fsp3) is 1.00. The molecule has 1 heterocycles. The third-order valence-electron chi connectivity index (χ3n) is 4.80. The van der Waals surface area contributed by atoms with Gasteiger partial charge in [0, 0.05) is 30.7 Å². The number of hydrogen-bond donors (Lipinski definition) is 1. The molecule has 2 aliphatic carbocycles. The molecule has 1 saturated heterocycles. The smallest absolute Gasteiger partial charge is 0.0661 e. The summed E-state index contributed by atoms with van der Waals surface area (Å²) in [4.78, 5) is 0.